The zero-order valence-electron chi connectivity index (χ0n) is 17.6. The van der Waals surface area contributed by atoms with E-state index in [1.807, 2.05) is 0 Å². The molecule has 11 nitrogen and oxygen atoms in total. The molecule has 0 aromatic carbocycles. The van der Waals surface area contributed by atoms with Crippen molar-refractivity contribution in [2.75, 3.05) is 54.0 Å². The predicted molar refractivity (Wildman–Crippen MR) is 131 cm³/mol. The molecule has 3 saturated heterocycles. The predicted octanol–water partition coefficient (Wildman–Crippen LogP) is 3.48. The van der Waals surface area contributed by atoms with Gasteiger partial charge in [0.2, 0.25) is 17.8 Å². The van der Waals surface area contributed by atoms with Crippen LogP contribution in [0.3, 0.4) is 0 Å². The summed E-state index contributed by atoms with van der Waals surface area (Å²) < 4.78 is 0. The van der Waals surface area contributed by atoms with Crippen molar-refractivity contribution >= 4 is 30.3 Å². The number of hydrogen-bond acceptors (Lipinski definition) is 11. The van der Waals surface area contributed by atoms with Crippen LogP contribution < -0.4 is 39.3 Å². The minimum atomic E-state index is -0.265. The standard InChI is InChI=1S/C17H28N6O.ClH.4H3N.4H2/c24-14-7-12-23(13-14)17-19-15(21-8-3-1-4-9-21)18-16(20-17)22-10-5-2-6-11-22;;;;;;;;;/h14,24H,1-13H2;1H;4*1H3;4*1H. The summed E-state index contributed by atoms with van der Waals surface area (Å²) in [7, 11) is 0. The first-order valence-electron chi connectivity index (χ1n) is 9.48. The fourth-order valence-electron chi connectivity index (χ4n) is 3.88. The van der Waals surface area contributed by atoms with E-state index in [1.54, 1.807) is 0 Å². The van der Waals surface area contributed by atoms with E-state index in [-0.39, 0.29) is 48.8 Å². The first kappa shape index (κ1) is 29.7. The third kappa shape index (κ3) is 7.05. The largest absolute Gasteiger partial charge is 0.391 e. The van der Waals surface area contributed by atoms with Crippen LogP contribution in [0.15, 0.2) is 0 Å². The summed E-state index contributed by atoms with van der Waals surface area (Å²) in [6, 6.07) is 0. The van der Waals surface area contributed by atoms with E-state index in [0.717, 1.165) is 57.0 Å². The Morgan fingerprint density at radius 2 is 1.00 bits per heavy atom. The van der Waals surface area contributed by atoms with E-state index in [2.05, 4.69) is 14.7 Å². The fraction of sp³-hybridized carbons (Fsp3) is 0.824. The van der Waals surface area contributed by atoms with Crippen LogP contribution in [0.5, 0.6) is 0 Å². The van der Waals surface area contributed by atoms with Crippen molar-refractivity contribution in [3.8, 4) is 0 Å². The van der Waals surface area contributed by atoms with E-state index >= 15 is 0 Å². The summed E-state index contributed by atoms with van der Waals surface area (Å²) in [6.45, 7) is 5.58. The second-order valence-electron chi connectivity index (χ2n) is 7.22. The topological polar surface area (TPSA) is 209 Å². The number of anilines is 3. The smallest absolute Gasteiger partial charge is 0.232 e. The number of rotatable bonds is 3. The minimum absolute atomic E-state index is 0. The quantitative estimate of drug-likeness (QED) is 0.455. The number of aromatic nitrogens is 3. The normalized spacial score (nSPS) is 21.0. The molecule has 3 fully saturated rings. The monoisotopic (exact) mass is 444 g/mol. The van der Waals surface area contributed by atoms with Gasteiger partial charge in [0, 0.05) is 45.0 Å². The summed E-state index contributed by atoms with van der Waals surface area (Å²) >= 11 is 0. The molecule has 0 aliphatic carbocycles. The minimum Gasteiger partial charge on any atom is -0.391 e. The van der Waals surface area contributed by atoms with Crippen LogP contribution in [0, 0.1) is 0 Å². The van der Waals surface area contributed by atoms with Crippen LogP contribution in [0.1, 0.15) is 50.7 Å². The molecule has 0 amide bonds. The van der Waals surface area contributed by atoms with Crippen molar-refractivity contribution in [3.05, 3.63) is 0 Å². The van der Waals surface area contributed by atoms with E-state index in [1.165, 1.54) is 38.5 Å². The maximum absolute atomic E-state index is 9.86. The van der Waals surface area contributed by atoms with Gasteiger partial charge in [-0.25, -0.2) is 0 Å². The van der Waals surface area contributed by atoms with Gasteiger partial charge in [0.05, 0.1) is 6.10 Å². The van der Waals surface area contributed by atoms with Crippen LogP contribution in [-0.2, 0) is 0 Å². The molecule has 0 bridgehead atoms. The molecule has 1 unspecified atom stereocenters. The van der Waals surface area contributed by atoms with E-state index in [4.69, 9.17) is 15.0 Å². The molecule has 0 radical (unpaired) electrons. The number of halogens is 1. The Kier molecular flexibility index (Phi) is 14.0. The van der Waals surface area contributed by atoms with Crippen molar-refractivity contribution in [3.63, 3.8) is 0 Å². The van der Waals surface area contributed by atoms with Crippen molar-refractivity contribution < 1.29 is 10.8 Å². The maximum atomic E-state index is 9.86. The molecule has 12 heteroatoms. The highest BCUT2D eigenvalue weighted by molar-refractivity contribution is 5.85. The second kappa shape index (κ2) is 13.7. The Morgan fingerprint density at radius 3 is 1.34 bits per heavy atom. The van der Waals surface area contributed by atoms with Crippen molar-refractivity contribution in [2.24, 2.45) is 0 Å². The molecule has 1 aromatic heterocycles. The number of nitrogens with zero attached hydrogens (tertiary/aromatic N) is 6. The summed E-state index contributed by atoms with van der Waals surface area (Å²) in [5, 5.41) is 9.86. The van der Waals surface area contributed by atoms with Gasteiger partial charge in [-0.05, 0) is 44.9 Å². The van der Waals surface area contributed by atoms with Crippen LogP contribution in [0.25, 0.3) is 0 Å². The Bertz CT molecular complexity index is 517. The van der Waals surface area contributed by atoms with Crippen LogP contribution in [0.2, 0.25) is 0 Å². The molecule has 0 saturated carbocycles. The lowest BCUT2D eigenvalue weighted by molar-refractivity contribution is 0.198. The van der Waals surface area contributed by atoms with Crippen LogP contribution in [-0.4, -0.2) is 65.4 Å². The van der Waals surface area contributed by atoms with Crippen molar-refractivity contribution in [1.82, 2.24) is 39.6 Å². The Hall–Kier alpha value is -1.50. The first-order chi connectivity index (χ1) is 11.8. The van der Waals surface area contributed by atoms with Gasteiger partial charge in [-0.1, -0.05) is 0 Å². The average Bonchev–Trinajstić information content (AvgIpc) is 3.09. The van der Waals surface area contributed by atoms with Gasteiger partial charge in [0.15, 0.2) is 0 Å². The maximum Gasteiger partial charge on any atom is 0.232 e. The zero-order valence-corrected chi connectivity index (χ0v) is 18.5. The first-order valence-corrected chi connectivity index (χ1v) is 9.48. The molecule has 3 aliphatic heterocycles. The van der Waals surface area contributed by atoms with Crippen molar-refractivity contribution in [2.45, 2.75) is 51.0 Å². The highest BCUT2D eigenvalue weighted by Gasteiger charge is 2.26. The van der Waals surface area contributed by atoms with Gasteiger partial charge in [0.25, 0.3) is 0 Å². The summed E-state index contributed by atoms with van der Waals surface area (Å²) in [5.41, 5.74) is 0. The molecule has 4 rings (SSSR count). The number of β-amino-alcohol motifs (C(OH)–C–C–N with tert-alkyl or cyclic N) is 1. The van der Waals surface area contributed by atoms with Gasteiger partial charge in [-0.2, -0.15) is 15.0 Å². The van der Waals surface area contributed by atoms with Crippen molar-refractivity contribution in [1.29, 1.82) is 0 Å². The molecular weight excluding hydrogens is 396 g/mol. The summed E-state index contributed by atoms with van der Waals surface area (Å²) in [4.78, 5) is 21.0. The SMILES string of the molecule is Cl.N.N.N.N.OC1CCN(c2nc(N3CCCCC3)nc(N3CCCCC3)n2)C1.[HH].[HH].[HH].[HH]. The Morgan fingerprint density at radius 1 is 0.621 bits per heavy atom. The van der Waals surface area contributed by atoms with Crippen LogP contribution >= 0.6 is 12.4 Å². The molecule has 1 aromatic rings. The number of aliphatic hydroxyl groups excluding tert-OH is 1. The molecule has 13 N–H and O–H groups in total. The lowest BCUT2D eigenvalue weighted by Crippen LogP contribution is -2.35. The number of piperidine rings is 2. The molecule has 0 spiro atoms. The van der Waals surface area contributed by atoms with Crippen LogP contribution in [0.4, 0.5) is 17.8 Å². The molecular formula is C17H49ClN10O. The molecule has 1 atom stereocenters. The van der Waals surface area contributed by atoms with Gasteiger partial charge < -0.3 is 44.4 Å². The lowest BCUT2D eigenvalue weighted by Gasteiger charge is -2.31. The summed E-state index contributed by atoms with van der Waals surface area (Å²) in [5.74, 6) is 2.38. The molecule has 4 heterocycles. The lowest BCUT2D eigenvalue weighted by atomic mass is 10.1. The number of aliphatic hydroxyl groups is 1. The highest BCUT2D eigenvalue weighted by Crippen LogP contribution is 2.25. The Balaban J connectivity index is -0.000000202. The average molecular weight is 445 g/mol. The van der Waals surface area contributed by atoms with Gasteiger partial charge in [-0.3, -0.25) is 0 Å². The van der Waals surface area contributed by atoms with E-state index in [0.29, 0.717) is 6.54 Å². The second-order valence-corrected chi connectivity index (χ2v) is 7.22. The molecule has 29 heavy (non-hydrogen) atoms. The van der Waals surface area contributed by atoms with Gasteiger partial charge >= 0.3 is 0 Å². The molecule has 3 aliphatic rings. The van der Waals surface area contributed by atoms with E-state index in [9.17, 15) is 5.11 Å². The van der Waals surface area contributed by atoms with Gasteiger partial charge in [-0.15, -0.1) is 12.4 Å². The number of hydrogen-bond donors (Lipinski definition) is 5. The summed E-state index contributed by atoms with van der Waals surface area (Å²) in [6.07, 6.45) is 7.97. The third-order valence-electron chi connectivity index (χ3n) is 5.32. The third-order valence-corrected chi connectivity index (χ3v) is 5.32. The van der Waals surface area contributed by atoms with Gasteiger partial charge in [0.1, 0.15) is 0 Å². The zero-order chi connectivity index (χ0) is 16.4. The van der Waals surface area contributed by atoms with E-state index < -0.39 is 0 Å². The molecule has 180 valence electrons. The Labute approximate surface area is 186 Å². The highest BCUT2D eigenvalue weighted by atomic mass is 35.5. The fourth-order valence-corrected chi connectivity index (χ4v) is 3.88.